The fraction of sp³-hybridized carbons (Fsp3) is 0.167. The van der Waals surface area contributed by atoms with Gasteiger partial charge >= 0.3 is 5.97 Å². The first-order valence-electron chi connectivity index (χ1n) is 5.26. The van der Waals surface area contributed by atoms with E-state index in [1.807, 2.05) is 0 Å². The summed E-state index contributed by atoms with van der Waals surface area (Å²) < 4.78 is 7.07. The van der Waals surface area contributed by atoms with Gasteiger partial charge in [0.25, 0.3) is 0 Å². The summed E-state index contributed by atoms with van der Waals surface area (Å²) in [6, 6.07) is 5.90. The van der Waals surface area contributed by atoms with E-state index in [2.05, 4.69) is 6.07 Å². The van der Waals surface area contributed by atoms with Gasteiger partial charge in [-0.05, 0) is 0 Å². The summed E-state index contributed by atoms with van der Waals surface area (Å²) in [5.74, 6) is -0.712. The van der Waals surface area contributed by atoms with E-state index in [1.54, 1.807) is 22.8 Å². The Labute approximate surface area is 133 Å². The topological polar surface area (TPSA) is 71.8 Å². The number of carboxylic acids is 1. The smallest absolute Gasteiger partial charge is 0.340 e. The summed E-state index contributed by atoms with van der Waals surface area (Å²) in [4.78, 5) is 23.1. The Morgan fingerprint density at radius 2 is 2.21 bits per heavy atom. The number of ether oxygens (including phenoxy) is 1. The van der Waals surface area contributed by atoms with Gasteiger partial charge in [0.05, 0.1) is 0 Å². The number of carbonyl (C=O) groups is 1. The Morgan fingerprint density at radius 1 is 1.47 bits per heavy atom. The molecular formula is C12H9N2O4Y-. The number of hydrogen-bond acceptors (Lipinski definition) is 4. The van der Waals surface area contributed by atoms with E-state index in [9.17, 15) is 9.59 Å². The Morgan fingerprint density at radius 3 is 2.89 bits per heavy atom. The Balaban J connectivity index is 0.00000133. The van der Waals surface area contributed by atoms with Crippen molar-refractivity contribution in [1.82, 2.24) is 4.68 Å². The second kappa shape index (κ2) is 4.94. The van der Waals surface area contributed by atoms with Crippen molar-refractivity contribution in [3.8, 4) is 5.75 Å². The van der Waals surface area contributed by atoms with Gasteiger partial charge in [-0.2, -0.15) is 12.1 Å². The Hall–Kier alpha value is -1.40. The van der Waals surface area contributed by atoms with Crippen LogP contribution in [0.25, 0.3) is 10.9 Å². The number of rotatable bonds is 1. The average molecular weight is 334 g/mol. The van der Waals surface area contributed by atoms with Crippen molar-refractivity contribution in [3.63, 3.8) is 0 Å². The first-order chi connectivity index (χ1) is 8.59. The molecule has 1 aliphatic rings. The molecule has 0 saturated heterocycles. The van der Waals surface area contributed by atoms with E-state index < -0.39 is 11.4 Å². The van der Waals surface area contributed by atoms with Gasteiger partial charge in [0, 0.05) is 57.2 Å². The molecule has 0 unspecified atom stereocenters. The summed E-state index contributed by atoms with van der Waals surface area (Å²) in [5.41, 5.74) is -0.218. The molecule has 0 atom stereocenters. The molecule has 0 amide bonds. The predicted molar refractivity (Wildman–Crippen MR) is 63.6 cm³/mol. The van der Waals surface area contributed by atoms with Crippen molar-refractivity contribution in [3.05, 3.63) is 40.2 Å². The molecule has 1 aromatic heterocycles. The van der Waals surface area contributed by atoms with Crippen molar-refractivity contribution in [2.45, 2.75) is 0 Å². The molecule has 0 saturated carbocycles. The van der Waals surface area contributed by atoms with Crippen LogP contribution in [0.3, 0.4) is 0 Å². The molecule has 7 heteroatoms. The zero-order valence-corrected chi connectivity index (χ0v) is 12.9. The zero-order chi connectivity index (χ0) is 12.9. The van der Waals surface area contributed by atoms with Crippen molar-refractivity contribution >= 4 is 16.9 Å². The van der Waals surface area contributed by atoms with Gasteiger partial charge in [-0.15, -0.1) is 6.07 Å². The number of aromatic carboxylic acids is 1. The fourth-order valence-electron chi connectivity index (χ4n) is 2.03. The van der Waals surface area contributed by atoms with E-state index in [0.29, 0.717) is 16.7 Å². The number of benzene rings is 1. The summed E-state index contributed by atoms with van der Waals surface area (Å²) in [6.07, 6.45) is 1.32. The summed E-state index contributed by atoms with van der Waals surface area (Å²) >= 11 is 0. The van der Waals surface area contributed by atoms with Gasteiger partial charge < -0.3 is 14.6 Å². The first kappa shape index (κ1) is 14.0. The summed E-state index contributed by atoms with van der Waals surface area (Å²) in [5, 5.41) is 11.0. The molecule has 95 valence electrons. The van der Waals surface area contributed by atoms with E-state index in [0.717, 1.165) is 0 Å². The van der Waals surface area contributed by atoms with Crippen molar-refractivity contribution in [2.24, 2.45) is 0 Å². The average Bonchev–Trinajstić information content (AvgIpc) is 2.35. The van der Waals surface area contributed by atoms with Gasteiger partial charge in [-0.3, -0.25) is 9.69 Å². The number of pyridine rings is 1. The standard InChI is InChI=1S/C12H9N2O4.Y/c1-13-6-18-9-4-2-3-7-10(9)14(13)5-8(11(7)15)12(16)17;/h3-5H,6H2,1H3,(H,16,17);/q-1;. The van der Waals surface area contributed by atoms with Crippen molar-refractivity contribution in [1.29, 1.82) is 0 Å². The maximum atomic E-state index is 12.0. The quantitative estimate of drug-likeness (QED) is 0.765. The minimum atomic E-state index is -1.24. The third-order valence-electron chi connectivity index (χ3n) is 2.91. The fourth-order valence-corrected chi connectivity index (χ4v) is 2.03. The van der Waals surface area contributed by atoms with Crippen LogP contribution in [0.2, 0.25) is 0 Å². The van der Waals surface area contributed by atoms with Gasteiger partial charge in [-0.25, -0.2) is 4.79 Å². The van der Waals surface area contributed by atoms with E-state index in [4.69, 9.17) is 9.84 Å². The normalized spacial score (nSPS) is 12.8. The molecular weight excluding hydrogens is 325 g/mol. The molecule has 19 heavy (non-hydrogen) atoms. The second-order valence-corrected chi connectivity index (χ2v) is 4.03. The molecule has 2 heterocycles. The van der Waals surface area contributed by atoms with Crippen LogP contribution in [0.5, 0.6) is 5.75 Å². The summed E-state index contributed by atoms with van der Waals surface area (Å²) in [7, 11) is 1.75. The molecule has 0 aliphatic carbocycles. The van der Waals surface area contributed by atoms with Crippen LogP contribution in [0.4, 0.5) is 0 Å². The molecule has 1 N–H and O–H groups in total. The van der Waals surface area contributed by atoms with Crippen molar-refractivity contribution < 1.29 is 47.3 Å². The number of carboxylic acid groups (broad SMARTS) is 1. The van der Waals surface area contributed by atoms with Crippen LogP contribution in [0, 0.1) is 6.07 Å². The van der Waals surface area contributed by atoms with Crippen LogP contribution >= 0.6 is 0 Å². The molecule has 3 rings (SSSR count). The Kier molecular flexibility index (Phi) is 3.65. The minimum Gasteiger partial charge on any atom is -0.530 e. The van der Waals surface area contributed by atoms with Gasteiger partial charge in [0.1, 0.15) is 11.0 Å². The number of hydrogen-bond donors (Lipinski definition) is 1. The largest absolute Gasteiger partial charge is 0.530 e. The van der Waals surface area contributed by atoms with Crippen molar-refractivity contribution in [2.75, 3.05) is 18.8 Å². The Bertz CT molecular complexity index is 725. The number of aromatic nitrogens is 1. The first-order valence-corrected chi connectivity index (χ1v) is 5.26. The van der Waals surface area contributed by atoms with Crippen LogP contribution in [-0.4, -0.2) is 29.5 Å². The molecule has 0 spiro atoms. The van der Waals surface area contributed by atoms with Gasteiger partial charge in [-0.1, -0.05) is 5.39 Å². The third-order valence-corrected chi connectivity index (χ3v) is 2.91. The van der Waals surface area contributed by atoms with E-state index in [1.165, 1.54) is 12.3 Å². The maximum Gasteiger partial charge on any atom is 0.340 e. The molecule has 1 radical (unpaired) electrons. The third kappa shape index (κ3) is 2.05. The molecule has 6 nitrogen and oxygen atoms in total. The van der Waals surface area contributed by atoms with Gasteiger partial charge in [0.2, 0.25) is 0 Å². The summed E-state index contributed by atoms with van der Waals surface area (Å²) in [6.45, 7) is 0.280. The molecule has 1 aromatic carbocycles. The van der Waals surface area contributed by atoms with Crippen LogP contribution in [0.1, 0.15) is 10.4 Å². The van der Waals surface area contributed by atoms with Gasteiger partial charge in [0.15, 0.2) is 6.73 Å². The molecule has 1 aliphatic heterocycles. The molecule has 0 fully saturated rings. The second-order valence-electron chi connectivity index (χ2n) is 4.03. The molecule has 0 bridgehead atoms. The van der Waals surface area contributed by atoms with Crippen LogP contribution in [-0.2, 0) is 32.7 Å². The number of nitrogens with zero attached hydrogens (tertiary/aromatic N) is 2. The predicted octanol–water partition coefficient (Wildman–Crippen LogP) is 0.415. The molecule has 2 aromatic rings. The minimum absolute atomic E-state index is 0. The maximum absolute atomic E-state index is 12.0. The van der Waals surface area contributed by atoms with Crippen LogP contribution < -0.4 is 15.2 Å². The SMILES string of the molecule is CN1COc2c[c-]cc3c(=O)c(C(=O)O)cn1c23.[Y]. The van der Waals surface area contributed by atoms with E-state index in [-0.39, 0.29) is 45.0 Å². The monoisotopic (exact) mass is 334 g/mol. The van der Waals surface area contributed by atoms with Crippen LogP contribution in [0.15, 0.2) is 23.1 Å². The zero-order valence-electron chi connectivity index (χ0n) is 10.1. The van der Waals surface area contributed by atoms with E-state index >= 15 is 0 Å².